The van der Waals surface area contributed by atoms with E-state index in [1.807, 2.05) is 0 Å². The van der Waals surface area contributed by atoms with E-state index in [9.17, 15) is 14.0 Å². The van der Waals surface area contributed by atoms with Crippen LogP contribution in [0.2, 0.25) is 10.0 Å². The molecule has 0 radical (unpaired) electrons. The quantitative estimate of drug-likeness (QED) is 0.245. The standard InChI is InChI=1S/C22H15BrCl2FN3O3/c23-14-8-9-20(32-12-15-16(24)4-3-5-17(15)25)13(10-14)11-27-29-22(31)21(30)28-19-7-2-1-6-18(19)26/h1-11H,12H2,(H,28,30)(H,29,31)/b27-11-. The lowest BCUT2D eigenvalue weighted by Crippen LogP contribution is -2.32. The number of benzene rings is 3. The van der Waals surface area contributed by atoms with Gasteiger partial charge < -0.3 is 10.1 Å². The van der Waals surface area contributed by atoms with E-state index >= 15 is 0 Å². The van der Waals surface area contributed by atoms with Gasteiger partial charge in [-0.3, -0.25) is 9.59 Å². The number of halogens is 4. The minimum Gasteiger partial charge on any atom is -0.488 e. The van der Waals surface area contributed by atoms with Gasteiger partial charge in [0.15, 0.2) is 0 Å². The first-order chi connectivity index (χ1) is 15.3. The fourth-order valence-corrected chi connectivity index (χ4v) is 3.41. The van der Waals surface area contributed by atoms with Crippen LogP contribution >= 0.6 is 39.1 Å². The number of carbonyl (C=O) groups excluding carboxylic acids is 2. The molecule has 6 nitrogen and oxygen atoms in total. The van der Waals surface area contributed by atoms with Crippen LogP contribution in [0.4, 0.5) is 10.1 Å². The first-order valence-electron chi connectivity index (χ1n) is 9.09. The number of rotatable bonds is 6. The molecular formula is C22H15BrCl2FN3O3. The molecule has 0 saturated carbocycles. The summed E-state index contributed by atoms with van der Waals surface area (Å²) in [6, 6.07) is 15.8. The molecule has 32 heavy (non-hydrogen) atoms. The van der Waals surface area contributed by atoms with Crippen molar-refractivity contribution >= 4 is 62.8 Å². The van der Waals surface area contributed by atoms with Gasteiger partial charge in [-0.05, 0) is 42.5 Å². The van der Waals surface area contributed by atoms with Gasteiger partial charge in [0.05, 0.1) is 11.9 Å². The Balaban J connectivity index is 1.66. The molecule has 0 bridgehead atoms. The Bertz CT molecular complexity index is 1170. The van der Waals surface area contributed by atoms with E-state index in [0.29, 0.717) is 26.9 Å². The highest BCUT2D eigenvalue weighted by atomic mass is 79.9. The van der Waals surface area contributed by atoms with Crippen molar-refractivity contribution in [3.05, 3.63) is 92.1 Å². The number of carbonyl (C=O) groups is 2. The molecule has 0 unspecified atom stereocenters. The normalized spacial score (nSPS) is 10.8. The smallest absolute Gasteiger partial charge is 0.329 e. The number of para-hydroxylation sites is 1. The molecule has 0 aromatic heterocycles. The van der Waals surface area contributed by atoms with E-state index in [1.54, 1.807) is 36.4 Å². The maximum absolute atomic E-state index is 13.6. The van der Waals surface area contributed by atoms with Crippen LogP contribution in [0.5, 0.6) is 5.75 Å². The van der Waals surface area contributed by atoms with Crippen molar-refractivity contribution in [2.24, 2.45) is 5.10 Å². The van der Waals surface area contributed by atoms with Crippen molar-refractivity contribution in [1.29, 1.82) is 0 Å². The molecule has 0 atom stereocenters. The van der Waals surface area contributed by atoms with Gasteiger partial charge in [-0.15, -0.1) is 0 Å². The highest BCUT2D eigenvalue weighted by Gasteiger charge is 2.15. The van der Waals surface area contributed by atoms with E-state index in [0.717, 1.165) is 10.5 Å². The molecular weight excluding hydrogens is 524 g/mol. The van der Waals surface area contributed by atoms with Gasteiger partial charge in [0.1, 0.15) is 18.2 Å². The topological polar surface area (TPSA) is 79.8 Å². The monoisotopic (exact) mass is 537 g/mol. The summed E-state index contributed by atoms with van der Waals surface area (Å²) in [7, 11) is 0. The average molecular weight is 539 g/mol. The summed E-state index contributed by atoms with van der Waals surface area (Å²) in [6.45, 7) is 0.110. The van der Waals surface area contributed by atoms with Crippen LogP contribution in [0, 0.1) is 5.82 Å². The van der Waals surface area contributed by atoms with Crippen LogP contribution in [0.3, 0.4) is 0 Å². The van der Waals surface area contributed by atoms with Gasteiger partial charge in [-0.1, -0.05) is 57.3 Å². The molecule has 2 amide bonds. The molecule has 3 aromatic rings. The Kier molecular flexibility index (Phi) is 8.21. The Morgan fingerprint density at radius 1 is 1.03 bits per heavy atom. The van der Waals surface area contributed by atoms with Crippen molar-refractivity contribution in [2.75, 3.05) is 5.32 Å². The molecule has 0 spiro atoms. The number of hydrogen-bond acceptors (Lipinski definition) is 4. The zero-order valence-electron chi connectivity index (χ0n) is 16.2. The largest absolute Gasteiger partial charge is 0.488 e. The minimum absolute atomic E-state index is 0.110. The lowest BCUT2D eigenvalue weighted by atomic mass is 10.2. The summed E-state index contributed by atoms with van der Waals surface area (Å²) in [4.78, 5) is 23.9. The van der Waals surface area contributed by atoms with E-state index in [-0.39, 0.29) is 12.3 Å². The van der Waals surface area contributed by atoms with Crippen molar-refractivity contribution in [2.45, 2.75) is 6.61 Å². The van der Waals surface area contributed by atoms with Crippen LogP contribution in [0.25, 0.3) is 0 Å². The van der Waals surface area contributed by atoms with Gasteiger partial charge in [0, 0.05) is 25.6 Å². The summed E-state index contributed by atoms with van der Waals surface area (Å²) in [5, 5.41) is 6.90. The van der Waals surface area contributed by atoms with E-state index in [2.05, 4.69) is 31.8 Å². The van der Waals surface area contributed by atoms with Gasteiger partial charge in [-0.25, -0.2) is 9.82 Å². The number of hydrogen-bond donors (Lipinski definition) is 2. The maximum atomic E-state index is 13.6. The summed E-state index contributed by atoms with van der Waals surface area (Å²) in [5.41, 5.74) is 3.12. The number of nitrogens with zero attached hydrogens (tertiary/aromatic N) is 1. The molecule has 0 heterocycles. The van der Waals surface area contributed by atoms with E-state index < -0.39 is 17.6 Å². The van der Waals surface area contributed by atoms with Gasteiger partial charge in [0.25, 0.3) is 0 Å². The lowest BCUT2D eigenvalue weighted by Gasteiger charge is -2.12. The molecule has 0 saturated heterocycles. The second kappa shape index (κ2) is 11.1. The fraction of sp³-hybridized carbons (Fsp3) is 0.0455. The summed E-state index contributed by atoms with van der Waals surface area (Å²) in [6.07, 6.45) is 1.31. The van der Waals surface area contributed by atoms with E-state index in [4.69, 9.17) is 27.9 Å². The molecule has 0 fully saturated rings. The first kappa shape index (κ1) is 23.7. The predicted octanol–water partition coefficient (Wildman–Crippen LogP) is 5.56. The molecule has 0 aliphatic carbocycles. The average Bonchev–Trinajstić information content (AvgIpc) is 2.76. The number of amides is 2. The molecule has 164 valence electrons. The third-order valence-electron chi connectivity index (χ3n) is 4.10. The molecule has 3 aromatic carbocycles. The van der Waals surface area contributed by atoms with Crippen LogP contribution in [-0.2, 0) is 16.2 Å². The predicted molar refractivity (Wildman–Crippen MR) is 126 cm³/mol. The maximum Gasteiger partial charge on any atom is 0.329 e. The van der Waals surface area contributed by atoms with Gasteiger partial charge in [0.2, 0.25) is 0 Å². The van der Waals surface area contributed by atoms with Crippen molar-refractivity contribution in [3.8, 4) is 5.75 Å². The number of nitrogens with one attached hydrogen (secondary N) is 2. The zero-order chi connectivity index (χ0) is 23.1. The summed E-state index contributed by atoms with van der Waals surface area (Å²) < 4.78 is 20.2. The van der Waals surface area contributed by atoms with E-state index in [1.165, 1.54) is 24.4 Å². The SMILES string of the molecule is O=C(N/N=C\c1cc(Br)ccc1OCc1c(Cl)cccc1Cl)C(=O)Nc1ccccc1F. The van der Waals surface area contributed by atoms with Crippen LogP contribution in [0.15, 0.2) is 70.2 Å². The van der Waals surface area contributed by atoms with Gasteiger partial charge >= 0.3 is 11.8 Å². The fourth-order valence-electron chi connectivity index (χ4n) is 2.52. The molecule has 10 heteroatoms. The van der Waals surface area contributed by atoms with Gasteiger partial charge in [-0.2, -0.15) is 5.10 Å². The zero-order valence-corrected chi connectivity index (χ0v) is 19.3. The Morgan fingerprint density at radius 3 is 2.47 bits per heavy atom. The summed E-state index contributed by atoms with van der Waals surface area (Å²) in [5.74, 6) is -2.35. The molecule has 2 N–H and O–H groups in total. The van der Waals surface area contributed by atoms with Crippen LogP contribution < -0.4 is 15.5 Å². The third kappa shape index (κ3) is 6.29. The second-order valence-electron chi connectivity index (χ2n) is 6.30. The second-order valence-corrected chi connectivity index (χ2v) is 8.03. The summed E-state index contributed by atoms with van der Waals surface area (Å²) >= 11 is 15.7. The van der Waals surface area contributed by atoms with Crippen molar-refractivity contribution in [1.82, 2.24) is 5.43 Å². The highest BCUT2D eigenvalue weighted by Crippen LogP contribution is 2.28. The minimum atomic E-state index is -1.06. The lowest BCUT2D eigenvalue weighted by molar-refractivity contribution is -0.136. The molecule has 3 rings (SSSR count). The van der Waals surface area contributed by atoms with Crippen LogP contribution in [0.1, 0.15) is 11.1 Å². The Morgan fingerprint density at radius 2 is 1.75 bits per heavy atom. The number of anilines is 1. The third-order valence-corrected chi connectivity index (χ3v) is 5.31. The Hall–Kier alpha value is -2.94. The highest BCUT2D eigenvalue weighted by molar-refractivity contribution is 9.10. The molecule has 0 aliphatic rings. The Labute approximate surface area is 201 Å². The number of hydrazone groups is 1. The number of ether oxygens (including phenoxy) is 1. The molecule has 0 aliphatic heterocycles. The van der Waals surface area contributed by atoms with Crippen LogP contribution in [-0.4, -0.2) is 18.0 Å². The first-order valence-corrected chi connectivity index (χ1v) is 10.6. The van der Waals surface area contributed by atoms with Crippen molar-refractivity contribution in [3.63, 3.8) is 0 Å². The van der Waals surface area contributed by atoms with Crippen molar-refractivity contribution < 1.29 is 18.7 Å².